The highest BCUT2D eigenvalue weighted by molar-refractivity contribution is 8.76. The van der Waals surface area contributed by atoms with Crippen LogP contribution in [0.1, 0.15) is 11.1 Å². The predicted octanol–water partition coefficient (Wildman–Crippen LogP) is 2.57. The van der Waals surface area contributed by atoms with Crippen LogP contribution in [0, 0.1) is 0 Å². The van der Waals surface area contributed by atoms with Gasteiger partial charge in [0, 0.05) is 21.9 Å². The molecule has 0 unspecified atom stereocenters. The summed E-state index contributed by atoms with van der Waals surface area (Å²) in [5.41, 5.74) is 2.05. The molecular formula is C20H12N2O4S2. The minimum Gasteiger partial charge on any atom is -0.289 e. The molecule has 2 aromatic carbocycles. The van der Waals surface area contributed by atoms with E-state index in [9.17, 15) is 19.2 Å². The lowest BCUT2D eigenvalue weighted by Gasteiger charge is -2.06. The lowest BCUT2D eigenvalue weighted by molar-refractivity contribution is -0.124. The van der Waals surface area contributed by atoms with Crippen LogP contribution in [0.15, 0.2) is 70.5 Å². The third-order valence-corrected chi connectivity index (χ3v) is 6.42. The quantitative estimate of drug-likeness (QED) is 0.584. The molecule has 0 aromatic heterocycles. The smallest absolute Gasteiger partial charge is 0.258 e. The number of benzene rings is 2. The summed E-state index contributed by atoms with van der Waals surface area (Å²) in [6, 6.07) is 14.7. The Morgan fingerprint density at radius 3 is 1.39 bits per heavy atom. The lowest BCUT2D eigenvalue weighted by atomic mass is 10.1. The molecule has 0 fully saturated rings. The van der Waals surface area contributed by atoms with Gasteiger partial charge in [0.2, 0.25) is 0 Å². The average molecular weight is 408 g/mol. The summed E-state index contributed by atoms with van der Waals surface area (Å²) in [7, 11) is 2.97. The molecule has 2 heterocycles. The minimum absolute atomic E-state index is 0.350. The first kappa shape index (κ1) is 18.3. The van der Waals surface area contributed by atoms with Gasteiger partial charge in [-0.25, -0.2) is 0 Å². The second kappa shape index (κ2) is 7.49. The zero-order valence-corrected chi connectivity index (χ0v) is 15.9. The van der Waals surface area contributed by atoms with Gasteiger partial charge in [0.05, 0.1) is 11.1 Å². The molecule has 2 aromatic rings. The molecule has 2 N–H and O–H groups in total. The first-order valence-electron chi connectivity index (χ1n) is 8.19. The van der Waals surface area contributed by atoms with Crippen LogP contribution in [0.2, 0.25) is 0 Å². The van der Waals surface area contributed by atoms with Gasteiger partial charge in [-0.1, -0.05) is 45.9 Å². The van der Waals surface area contributed by atoms with Gasteiger partial charge in [0.25, 0.3) is 23.6 Å². The lowest BCUT2D eigenvalue weighted by Crippen LogP contribution is -2.21. The molecule has 6 nitrogen and oxygen atoms in total. The summed E-state index contributed by atoms with van der Waals surface area (Å²) in [5, 5.41) is 4.48. The Bertz CT molecular complexity index is 1020. The molecule has 0 spiro atoms. The van der Waals surface area contributed by atoms with E-state index in [4.69, 9.17) is 0 Å². The molecule has 2 aliphatic rings. The first-order chi connectivity index (χ1) is 13.5. The van der Waals surface area contributed by atoms with E-state index in [0.717, 1.165) is 9.79 Å². The average Bonchev–Trinajstić information content (AvgIpc) is 3.20. The Kier molecular flexibility index (Phi) is 4.89. The number of amides is 4. The van der Waals surface area contributed by atoms with Crippen LogP contribution in [0.5, 0.6) is 0 Å². The summed E-state index contributed by atoms with van der Waals surface area (Å²) in [4.78, 5) is 48.1. The largest absolute Gasteiger partial charge is 0.289 e. The molecule has 0 bridgehead atoms. The van der Waals surface area contributed by atoms with Crippen molar-refractivity contribution in [2.24, 2.45) is 0 Å². The number of hydrogen-bond acceptors (Lipinski definition) is 6. The molecule has 28 heavy (non-hydrogen) atoms. The van der Waals surface area contributed by atoms with Crippen LogP contribution in [-0.2, 0) is 19.2 Å². The fraction of sp³-hybridized carbons (Fsp3) is 0. The number of hydrogen-bond donors (Lipinski definition) is 2. The Labute approximate surface area is 167 Å². The van der Waals surface area contributed by atoms with E-state index in [1.807, 2.05) is 36.4 Å². The van der Waals surface area contributed by atoms with Crippen molar-refractivity contribution in [2.45, 2.75) is 9.79 Å². The van der Waals surface area contributed by atoms with Crippen molar-refractivity contribution in [1.29, 1.82) is 0 Å². The van der Waals surface area contributed by atoms with Crippen molar-refractivity contribution in [3.8, 4) is 0 Å². The van der Waals surface area contributed by atoms with Gasteiger partial charge in [-0.3, -0.25) is 29.8 Å². The maximum atomic E-state index is 11.8. The van der Waals surface area contributed by atoms with Crippen molar-refractivity contribution in [1.82, 2.24) is 10.6 Å². The fourth-order valence-corrected chi connectivity index (χ4v) is 4.79. The van der Waals surface area contributed by atoms with E-state index in [0.29, 0.717) is 22.3 Å². The number of nitrogens with one attached hydrogen (secondary N) is 2. The van der Waals surface area contributed by atoms with Crippen LogP contribution < -0.4 is 10.6 Å². The van der Waals surface area contributed by atoms with Gasteiger partial charge in [0.15, 0.2) is 0 Å². The van der Waals surface area contributed by atoms with E-state index >= 15 is 0 Å². The van der Waals surface area contributed by atoms with Gasteiger partial charge in [0.1, 0.15) is 0 Å². The molecule has 0 saturated heterocycles. The Morgan fingerprint density at radius 1 is 0.607 bits per heavy atom. The molecule has 2 aliphatic heterocycles. The summed E-state index contributed by atoms with van der Waals surface area (Å²) in [6.45, 7) is 0. The number of rotatable bonds is 5. The van der Waals surface area contributed by atoms with E-state index in [-0.39, 0.29) is 0 Å². The van der Waals surface area contributed by atoms with Crippen LogP contribution >= 0.6 is 21.6 Å². The second-order valence-electron chi connectivity index (χ2n) is 5.98. The van der Waals surface area contributed by atoms with E-state index in [1.54, 1.807) is 12.1 Å². The monoisotopic (exact) mass is 408 g/mol. The fourth-order valence-electron chi connectivity index (χ4n) is 2.78. The molecule has 0 radical (unpaired) electrons. The summed E-state index contributed by atoms with van der Waals surface area (Å²) in [6.07, 6.45) is 2.59. The SMILES string of the molecule is O=C1C=C(c2cccc(SSc3cccc(C4=CC(=O)NC4=O)c3)c2)C(=O)N1. The number of carbonyl (C=O) groups is 4. The predicted molar refractivity (Wildman–Crippen MR) is 107 cm³/mol. The Morgan fingerprint density at radius 2 is 1.04 bits per heavy atom. The van der Waals surface area contributed by atoms with Crippen LogP contribution in [-0.4, -0.2) is 23.6 Å². The van der Waals surface area contributed by atoms with Crippen LogP contribution in [0.25, 0.3) is 11.1 Å². The molecule has 8 heteroatoms. The van der Waals surface area contributed by atoms with Gasteiger partial charge < -0.3 is 0 Å². The van der Waals surface area contributed by atoms with Crippen molar-refractivity contribution in [2.75, 3.05) is 0 Å². The van der Waals surface area contributed by atoms with Gasteiger partial charge in [-0.15, -0.1) is 0 Å². The Hall–Kier alpha value is -3.10. The van der Waals surface area contributed by atoms with Crippen molar-refractivity contribution in [3.05, 3.63) is 71.8 Å². The third-order valence-electron chi connectivity index (χ3n) is 4.04. The third kappa shape index (κ3) is 3.78. The normalized spacial score (nSPS) is 16.0. The van der Waals surface area contributed by atoms with Crippen molar-refractivity contribution in [3.63, 3.8) is 0 Å². The zero-order chi connectivity index (χ0) is 19.7. The zero-order valence-electron chi connectivity index (χ0n) is 14.2. The van der Waals surface area contributed by atoms with Crippen LogP contribution in [0.4, 0.5) is 0 Å². The summed E-state index contributed by atoms with van der Waals surface area (Å²) < 4.78 is 0. The molecule has 4 amide bonds. The van der Waals surface area contributed by atoms with Crippen LogP contribution in [0.3, 0.4) is 0 Å². The van der Waals surface area contributed by atoms with E-state index < -0.39 is 23.6 Å². The molecule has 138 valence electrons. The maximum absolute atomic E-state index is 11.8. The molecule has 4 rings (SSSR count). The molecule has 0 aliphatic carbocycles. The highest BCUT2D eigenvalue weighted by Crippen LogP contribution is 2.39. The van der Waals surface area contributed by atoms with Gasteiger partial charge in [-0.05, 0) is 35.4 Å². The first-order valence-corrected chi connectivity index (χ1v) is 10.3. The highest BCUT2D eigenvalue weighted by Gasteiger charge is 2.23. The van der Waals surface area contributed by atoms with Crippen molar-refractivity contribution < 1.29 is 19.2 Å². The molecular weight excluding hydrogens is 396 g/mol. The number of carbonyl (C=O) groups excluding carboxylic acids is 4. The van der Waals surface area contributed by atoms with Gasteiger partial charge >= 0.3 is 0 Å². The highest BCUT2D eigenvalue weighted by atomic mass is 33.1. The van der Waals surface area contributed by atoms with Crippen molar-refractivity contribution >= 4 is 56.4 Å². The standard InChI is InChI=1S/C20H12N2O4S2/c23-17-9-15(19(25)21-17)11-3-1-5-13(7-11)27-28-14-6-2-4-12(8-14)16-10-18(24)22-20(16)26/h1-10H,(H,21,23,25)(H,22,24,26). The van der Waals surface area contributed by atoms with E-state index in [1.165, 1.54) is 33.7 Å². The summed E-state index contributed by atoms with van der Waals surface area (Å²) >= 11 is 0. The topological polar surface area (TPSA) is 92.3 Å². The molecule has 0 atom stereocenters. The second-order valence-corrected chi connectivity index (χ2v) is 8.25. The number of imide groups is 2. The molecule has 0 saturated carbocycles. The maximum Gasteiger partial charge on any atom is 0.258 e. The Balaban J connectivity index is 1.50. The van der Waals surface area contributed by atoms with E-state index in [2.05, 4.69) is 10.6 Å². The van der Waals surface area contributed by atoms with Gasteiger partial charge in [-0.2, -0.15) is 0 Å². The summed E-state index contributed by atoms with van der Waals surface area (Å²) in [5.74, 6) is -1.61. The minimum atomic E-state index is -0.409.